The highest BCUT2D eigenvalue weighted by molar-refractivity contribution is 5.77. The van der Waals surface area contributed by atoms with Gasteiger partial charge in [-0.15, -0.1) is 0 Å². The van der Waals surface area contributed by atoms with Gasteiger partial charge in [0.1, 0.15) is 0 Å². The van der Waals surface area contributed by atoms with Crippen molar-refractivity contribution in [3.63, 3.8) is 0 Å². The van der Waals surface area contributed by atoms with E-state index >= 15 is 0 Å². The molecule has 1 saturated heterocycles. The van der Waals surface area contributed by atoms with Crippen LogP contribution in [-0.2, 0) is 14.3 Å². The second-order valence-electron chi connectivity index (χ2n) is 5.80. The van der Waals surface area contributed by atoms with E-state index in [9.17, 15) is 4.79 Å². The first-order chi connectivity index (χ1) is 8.70. The van der Waals surface area contributed by atoms with E-state index < -0.39 is 5.41 Å². The van der Waals surface area contributed by atoms with Crippen molar-refractivity contribution in [1.82, 2.24) is 0 Å². The van der Waals surface area contributed by atoms with Crippen LogP contribution in [0.2, 0.25) is 0 Å². The van der Waals surface area contributed by atoms with Crippen molar-refractivity contribution >= 4 is 5.97 Å². The molecule has 2 rings (SSSR count). The summed E-state index contributed by atoms with van der Waals surface area (Å²) in [5.41, 5.74) is 5.43. The Bertz CT molecular complexity index is 285. The van der Waals surface area contributed by atoms with Crippen LogP contribution in [-0.4, -0.2) is 32.3 Å². The Hall–Kier alpha value is -0.610. The predicted octanol–water partition coefficient (Wildman–Crippen LogP) is 1.86. The van der Waals surface area contributed by atoms with Crippen molar-refractivity contribution in [3.05, 3.63) is 0 Å². The molecule has 4 nitrogen and oxygen atoms in total. The Morgan fingerprint density at radius 1 is 1.44 bits per heavy atom. The molecule has 2 N–H and O–H groups in total. The molecule has 1 aliphatic heterocycles. The molecule has 0 spiro atoms. The fraction of sp³-hybridized carbons (Fsp3) is 0.929. The summed E-state index contributed by atoms with van der Waals surface area (Å²) >= 11 is 0. The maximum absolute atomic E-state index is 12.1. The molecular weight excluding hydrogens is 230 g/mol. The summed E-state index contributed by atoms with van der Waals surface area (Å²) in [6, 6.07) is 0. The third-order valence-electron chi connectivity index (χ3n) is 4.35. The molecular formula is C14H25NO3. The maximum atomic E-state index is 12.1. The van der Waals surface area contributed by atoms with Crippen molar-refractivity contribution in [3.8, 4) is 0 Å². The van der Waals surface area contributed by atoms with Gasteiger partial charge >= 0.3 is 5.97 Å². The lowest BCUT2D eigenvalue weighted by Gasteiger charge is -2.30. The van der Waals surface area contributed by atoms with Gasteiger partial charge in [-0.05, 0) is 38.0 Å². The van der Waals surface area contributed by atoms with E-state index in [4.69, 9.17) is 15.2 Å². The highest BCUT2D eigenvalue weighted by Crippen LogP contribution is 2.43. The average molecular weight is 255 g/mol. The van der Waals surface area contributed by atoms with Crippen LogP contribution in [0.4, 0.5) is 0 Å². The zero-order chi connectivity index (χ0) is 13.0. The highest BCUT2D eigenvalue weighted by atomic mass is 16.5. The van der Waals surface area contributed by atoms with Crippen molar-refractivity contribution in [2.75, 3.05) is 20.3 Å². The summed E-state index contributed by atoms with van der Waals surface area (Å²) in [4.78, 5) is 12.1. The third kappa shape index (κ3) is 3.23. The van der Waals surface area contributed by atoms with Crippen LogP contribution in [0.25, 0.3) is 0 Å². The Kier molecular flexibility index (Phi) is 4.62. The smallest absolute Gasteiger partial charge is 0.313 e. The van der Waals surface area contributed by atoms with Crippen LogP contribution in [0.5, 0.6) is 0 Å². The zero-order valence-corrected chi connectivity index (χ0v) is 11.3. The predicted molar refractivity (Wildman–Crippen MR) is 69.1 cm³/mol. The van der Waals surface area contributed by atoms with Crippen LogP contribution in [0.3, 0.4) is 0 Å². The second kappa shape index (κ2) is 6.02. The second-order valence-corrected chi connectivity index (χ2v) is 5.80. The van der Waals surface area contributed by atoms with E-state index in [1.165, 1.54) is 20.0 Å². The van der Waals surface area contributed by atoms with Crippen molar-refractivity contribution in [2.45, 2.75) is 51.0 Å². The highest BCUT2D eigenvalue weighted by Gasteiger charge is 2.43. The molecule has 0 aromatic rings. The van der Waals surface area contributed by atoms with Crippen molar-refractivity contribution in [2.24, 2.45) is 17.1 Å². The fourth-order valence-electron chi connectivity index (χ4n) is 2.96. The Morgan fingerprint density at radius 2 is 2.22 bits per heavy atom. The number of carbonyl (C=O) groups is 1. The number of esters is 1. The number of nitrogens with two attached hydrogens (primary N) is 1. The monoisotopic (exact) mass is 255 g/mol. The maximum Gasteiger partial charge on any atom is 0.313 e. The van der Waals surface area contributed by atoms with Crippen LogP contribution < -0.4 is 5.73 Å². The quantitative estimate of drug-likeness (QED) is 0.705. The number of hydrogen-bond donors (Lipinski definition) is 1. The first-order valence-electron chi connectivity index (χ1n) is 7.10. The molecule has 2 aliphatic rings. The van der Waals surface area contributed by atoms with Gasteiger partial charge in [0.2, 0.25) is 0 Å². The Labute approximate surface area is 109 Å². The lowest BCUT2D eigenvalue weighted by molar-refractivity contribution is -0.153. The molecule has 104 valence electrons. The molecule has 0 aromatic carbocycles. The minimum absolute atomic E-state index is 0.130. The van der Waals surface area contributed by atoms with Crippen LogP contribution in [0, 0.1) is 11.3 Å². The molecule has 0 aromatic heterocycles. The fourth-order valence-corrected chi connectivity index (χ4v) is 2.96. The van der Waals surface area contributed by atoms with Gasteiger partial charge in [-0.1, -0.05) is 12.8 Å². The normalized spacial score (nSPS) is 26.9. The SMILES string of the molecule is COC(=O)C(CN)(CCC1CCCO1)CC1CC1. The largest absolute Gasteiger partial charge is 0.469 e. The van der Waals surface area contributed by atoms with Gasteiger partial charge in [-0.2, -0.15) is 0 Å². The van der Waals surface area contributed by atoms with Gasteiger partial charge in [0.25, 0.3) is 0 Å². The van der Waals surface area contributed by atoms with Gasteiger partial charge in [0.15, 0.2) is 0 Å². The minimum Gasteiger partial charge on any atom is -0.469 e. The van der Waals surface area contributed by atoms with Gasteiger partial charge in [0.05, 0.1) is 18.6 Å². The summed E-state index contributed by atoms with van der Waals surface area (Å²) in [5, 5.41) is 0. The van der Waals surface area contributed by atoms with Crippen molar-refractivity contribution < 1.29 is 14.3 Å². The van der Waals surface area contributed by atoms with Crippen LogP contribution in [0.1, 0.15) is 44.9 Å². The van der Waals surface area contributed by atoms with E-state index in [1.54, 1.807) is 0 Å². The first kappa shape index (κ1) is 13.8. The van der Waals surface area contributed by atoms with Gasteiger partial charge in [-0.25, -0.2) is 0 Å². The molecule has 1 heterocycles. The topological polar surface area (TPSA) is 61.5 Å². The van der Waals surface area contributed by atoms with E-state index in [-0.39, 0.29) is 5.97 Å². The van der Waals surface area contributed by atoms with E-state index in [1.807, 2.05) is 0 Å². The van der Waals surface area contributed by atoms with Gasteiger partial charge < -0.3 is 15.2 Å². The summed E-state index contributed by atoms with van der Waals surface area (Å²) in [6.45, 7) is 1.25. The number of methoxy groups -OCH3 is 1. The number of ether oxygens (including phenoxy) is 2. The molecule has 18 heavy (non-hydrogen) atoms. The molecule has 0 amide bonds. The minimum atomic E-state index is -0.470. The summed E-state index contributed by atoms with van der Waals surface area (Å²) in [6.07, 6.45) is 7.67. The van der Waals surface area contributed by atoms with E-state index in [0.29, 0.717) is 18.6 Å². The van der Waals surface area contributed by atoms with Crippen LogP contribution in [0.15, 0.2) is 0 Å². The van der Waals surface area contributed by atoms with Gasteiger partial charge in [-0.3, -0.25) is 4.79 Å². The molecule has 1 aliphatic carbocycles. The zero-order valence-electron chi connectivity index (χ0n) is 11.3. The number of rotatable bonds is 7. The van der Waals surface area contributed by atoms with Gasteiger partial charge in [0, 0.05) is 13.2 Å². The molecule has 1 saturated carbocycles. The Morgan fingerprint density at radius 3 is 2.72 bits per heavy atom. The molecule has 0 radical (unpaired) electrons. The lowest BCUT2D eigenvalue weighted by atomic mass is 9.77. The molecule has 4 heteroatoms. The Balaban J connectivity index is 1.94. The van der Waals surface area contributed by atoms with Crippen molar-refractivity contribution in [1.29, 1.82) is 0 Å². The van der Waals surface area contributed by atoms with E-state index in [2.05, 4.69) is 0 Å². The number of hydrogen-bond acceptors (Lipinski definition) is 4. The molecule has 0 bridgehead atoms. The van der Waals surface area contributed by atoms with E-state index in [0.717, 1.165) is 38.7 Å². The number of carbonyl (C=O) groups excluding carboxylic acids is 1. The molecule has 2 fully saturated rings. The third-order valence-corrected chi connectivity index (χ3v) is 4.35. The lowest BCUT2D eigenvalue weighted by Crippen LogP contribution is -2.40. The molecule has 2 unspecified atom stereocenters. The summed E-state index contributed by atoms with van der Waals surface area (Å²) in [7, 11) is 1.46. The first-order valence-corrected chi connectivity index (χ1v) is 7.10. The molecule has 2 atom stereocenters. The van der Waals surface area contributed by atoms with Crippen LogP contribution >= 0.6 is 0 Å². The average Bonchev–Trinajstić information content (AvgIpc) is 3.05. The summed E-state index contributed by atoms with van der Waals surface area (Å²) in [5.74, 6) is 0.548. The summed E-state index contributed by atoms with van der Waals surface area (Å²) < 4.78 is 10.6. The standard InChI is InChI=1S/C14H25NO3/c1-17-13(16)14(10-15,9-11-4-5-11)7-6-12-3-2-8-18-12/h11-12H,2-10,15H2,1H3.